The van der Waals surface area contributed by atoms with Crippen LogP contribution in [0.5, 0.6) is 0 Å². The second-order valence-corrected chi connectivity index (χ2v) is 12.1. The minimum atomic E-state index is -0.317. The largest absolute Gasteiger partial charge is 0.351 e. The van der Waals surface area contributed by atoms with Gasteiger partial charge in [-0.2, -0.15) is 0 Å². The maximum atomic E-state index is 13.3. The smallest absolute Gasteiger partial charge is 0.280 e. The topological polar surface area (TPSA) is 110 Å². The summed E-state index contributed by atoms with van der Waals surface area (Å²) in [7, 11) is 5.57. The van der Waals surface area contributed by atoms with Crippen LogP contribution in [0.15, 0.2) is 24.3 Å². The lowest BCUT2D eigenvalue weighted by Crippen LogP contribution is -2.54. The number of fused-ring (bicyclic) bond motifs is 2. The Morgan fingerprint density at radius 1 is 1.15 bits per heavy atom. The fourth-order valence-corrected chi connectivity index (χ4v) is 6.60. The quantitative estimate of drug-likeness (QED) is 0.402. The van der Waals surface area contributed by atoms with Gasteiger partial charge in [-0.25, -0.2) is 4.98 Å². The highest BCUT2D eigenvalue weighted by molar-refractivity contribution is 7.13. The number of carbonyl (C=O) groups excluding carboxylic acids is 3. The fraction of sp³-hybridized carbons (Fsp3) is 0.481. The molecule has 39 heavy (non-hydrogen) atoms. The molecule has 1 aromatic carbocycles. The summed E-state index contributed by atoms with van der Waals surface area (Å²) < 4.78 is 0. The predicted octanol–water partition coefficient (Wildman–Crippen LogP) is 3.86. The van der Waals surface area contributed by atoms with Gasteiger partial charge in [-0.05, 0) is 56.5 Å². The van der Waals surface area contributed by atoms with Crippen LogP contribution in [0.3, 0.4) is 0 Å². The Balaban J connectivity index is 0.00000353. The average Bonchev–Trinajstić information content (AvgIpc) is 3.49. The summed E-state index contributed by atoms with van der Waals surface area (Å²) in [6.07, 6.45) is 3.31. The summed E-state index contributed by atoms with van der Waals surface area (Å²) in [5.41, 5.74) is 2.27. The summed E-state index contributed by atoms with van der Waals surface area (Å²) in [5.74, 6) is -0.277. The van der Waals surface area contributed by atoms with Crippen molar-refractivity contribution in [3.8, 4) is 0 Å². The molecule has 5 rings (SSSR count). The highest BCUT2D eigenvalue weighted by Gasteiger charge is 2.35. The number of hydrogen-bond acceptors (Lipinski definition) is 6. The van der Waals surface area contributed by atoms with Crippen molar-refractivity contribution >= 4 is 64.0 Å². The van der Waals surface area contributed by atoms with Gasteiger partial charge < -0.3 is 25.4 Å². The maximum Gasteiger partial charge on any atom is 0.280 e. The fourth-order valence-electron chi connectivity index (χ4n) is 5.33. The molecule has 2 aromatic heterocycles. The van der Waals surface area contributed by atoms with Crippen molar-refractivity contribution in [1.29, 1.82) is 0 Å². The molecule has 3 aromatic rings. The molecule has 3 heterocycles. The minimum absolute atomic E-state index is 0. The van der Waals surface area contributed by atoms with Crippen LogP contribution in [-0.4, -0.2) is 77.3 Å². The Morgan fingerprint density at radius 2 is 1.92 bits per heavy atom. The normalized spacial score (nSPS) is 21.1. The lowest BCUT2D eigenvalue weighted by atomic mass is 9.80. The number of halogens is 2. The number of nitrogens with zero attached hydrogens (tertiary/aromatic N) is 3. The van der Waals surface area contributed by atoms with E-state index >= 15 is 0 Å². The van der Waals surface area contributed by atoms with Crippen molar-refractivity contribution in [2.75, 3.05) is 27.7 Å². The van der Waals surface area contributed by atoms with Gasteiger partial charge in [-0.1, -0.05) is 11.6 Å². The lowest BCUT2D eigenvalue weighted by Gasteiger charge is -2.37. The van der Waals surface area contributed by atoms with E-state index in [0.29, 0.717) is 35.0 Å². The predicted molar refractivity (Wildman–Crippen MR) is 156 cm³/mol. The van der Waals surface area contributed by atoms with Crippen LogP contribution in [0.25, 0.3) is 10.9 Å². The number of H-pyrrole nitrogens is 1. The van der Waals surface area contributed by atoms with Crippen molar-refractivity contribution in [2.24, 2.45) is 5.92 Å². The maximum absolute atomic E-state index is 13.3. The Labute approximate surface area is 243 Å². The lowest BCUT2D eigenvalue weighted by molar-refractivity contribution is -0.130. The minimum Gasteiger partial charge on any atom is -0.351 e. The molecule has 9 nitrogen and oxygen atoms in total. The van der Waals surface area contributed by atoms with Crippen molar-refractivity contribution in [3.63, 3.8) is 0 Å². The number of nitrogens with one attached hydrogen (secondary N) is 3. The van der Waals surface area contributed by atoms with Crippen LogP contribution in [0.2, 0.25) is 5.02 Å². The molecule has 3 N–H and O–H groups in total. The van der Waals surface area contributed by atoms with Crippen molar-refractivity contribution in [3.05, 3.63) is 50.6 Å². The van der Waals surface area contributed by atoms with Gasteiger partial charge >= 0.3 is 0 Å². The first-order chi connectivity index (χ1) is 18.2. The SMILES string of the molecule is CN1CCc2nc(C(=O)N[C@H]3C[C@H](CC(=O)N(C)C)CC[C@H]3NC(=O)c3cc4cc(Cl)ccc4[nH]3)sc2C1.Cl. The molecular weight excluding hydrogens is 559 g/mol. The molecule has 210 valence electrons. The van der Waals surface area contributed by atoms with E-state index < -0.39 is 0 Å². The number of benzene rings is 1. The standard InChI is InChI=1S/C27H33ClN6O3S.ClH/c1-33(2)24(35)11-15-4-6-19(30-25(36)22-13-16-12-17(28)5-7-18(16)29-22)21(10-15)31-26(37)27-32-20-8-9-34(3)14-23(20)38-27;/h5,7,12-13,15,19,21,29H,4,6,8-11,14H2,1-3H3,(H,30,36)(H,31,37);1H/t15-,19-,21+;/m1./s1. The number of hydrogen-bond donors (Lipinski definition) is 3. The van der Waals surface area contributed by atoms with Crippen molar-refractivity contribution in [1.82, 2.24) is 30.4 Å². The first-order valence-electron chi connectivity index (χ1n) is 12.9. The number of thiazole rings is 1. The molecule has 1 fully saturated rings. The zero-order chi connectivity index (χ0) is 27.0. The molecule has 0 unspecified atom stereocenters. The van der Waals surface area contributed by atoms with Crippen LogP contribution in [-0.2, 0) is 17.8 Å². The monoisotopic (exact) mass is 592 g/mol. The van der Waals surface area contributed by atoms with E-state index in [-0.39, 0.29) is 48.1 Å². The van der Waals surface area contributed by atoms with Gasteiger partial charge in [-0.15, -0.1) is 23.7 Å². The van der Waals surface area contributed by atoms with Crippen LogP contribution in [0.1, 0.15) is 56.5 Å². The van der Waals surface area contributed by atoms with Crippen LogP contribution in [0, 0.1) is 5.92 Å². The van der Waals surface area contributed by atoms with Gasteiger partial charge in [0.05, 0.1) is 5.69 Å². The molecule has 1 aliphatic heterocycles. The van der Waals surface area contributed by atoms with E-state index in [4.69, 9.17) is 11.6 Å². The highest BCUT2D eigenvalue weighted by atomic mass is 35.5. The molecule has 3 amide bonds. The van der Waals surface area contributed by atoms with Crippen LogP contribution in [0.4, 0.5) is 0 Å². The molecule has 0 spiro atoms. The van der Waals surface area contributed by atoms with Crippen LogP contribution < -0.4 is 10.6 Å². The Morgan fingerprint density at radius 3 is 2.69 bits per heavy atom. The zero-order valence-electron chi connectivity index (χ0n) is 22.3. The van der Waals surface area contributed by atoms with E-state index in [9.17, 15) is 14.4 Å². The zero-order valence-corrected chi connectivity index (χ0v) is 24.6. The van der Waals surface area contributed by atoms with Crippen molar-refractivity contribution < 1.29 is 14.4 Å². The molecule has 1 saturated carbocycles. The third-order valence-electron chi connectivity index (χ3n) is 7.50. The number of rotatable bonds is 6. The molecule has 2 aliphatic rings. The second-order valence-electron chi connectivity index (χ2n) is 10.6. The number of amides is 3. The average molecular weight is 594 g/mol. The van der Waals surface area contributed by atoms with Gasteiger partial charge in [0.15, 0.2) is 5.01 Å². The van der Waals surface area contributed by atoms with Gasteiger partial charge in [0.2, 0.25) is 5.91 Å². The summed E-state index contributed by atoms with van der Waals surface area (Å²) in [5, 5.41) is 8.20. The van der Waals surface area contributed by atoms with E-state index in [1.165, 1.54) is 11.3 Å². The molecular formula is C27H34Cl2N6O3S. The summed E-state index contributed by atoms with van der Waals surface area (Å²) in [6.45, 7) is 1.73. The Hall–Kier alpha value is -2.66. The molecule has 3 atom stereocenters. The molecule has 1 aliphatic carbocycles. The first kappa shape index (κ1) is 29.3. The van der Waals surface area contributed by atoms with Crippen LogP contribution >= 0.6 is 35.3 Å². The van der Waals surface area contributed by atoms with E-state index in [2.05, 4.69) is 32.5 Å². The Kier molecular flexibility index (Phi) is 9.21. The number of aromatic amines is 1. The second kappa shape index (κ2) is 12.2. The summed E-state index contributed by atoms with van der Waals surface area (Å²) in [4.78, 5) is 51.7. The third kappa shape index (κ3) is 6.74. The van der Waals surface area contributed by atoms with E-state index in [1.807, 2.05) is 12.1 Å². The summed E-state index contributed by atoms with van der Waals surface area (Å²) >= 11 is 7.54. The molecule has 0 saturated heterocycles. The van der Waals surface area contributed by atoms with Gasteiger partial charge in [0.25, 0.3) is 11.8 Å². The third-order valence-corrected chi connectivity index (χ3v) is 8.81. The highest BCUT2D eigenvalue weighted by Crippen LogP contribution is 2.30. The first-order valence-corrected chi connectivity index (χ1v) is 14.1. The Bertz CT molecular complexity index is 1370. The van der Waals surface area contributed by atoms with Crippen molar-refractivity contribution in [2.45, 2.75) is 50.7 Å². The number of likely N-dealkylation sites (N-methyl/N-ethyl adjacent to an activating group) is 1. The number of carbonyl (C=O) groups is 3. The molecule has 12 heteroatoms. The molecule has 0 bridgehead atoms. The summed E-state index contributed by atoms with van der Waals surface area (Å²) in [6, 6.07) is 6.62. The number of aromatic nitrogens is 2. The van der Waals surface area contributed by atoms with E-state index in [0.717, 1.165) is 47.4 Å². The molecule has 0 radical (unpaired) electrons. The van der Waals surface area contributed by atoms with Gasteiger partial charge in [0, 0.05) is 72.9 Å². The van der Waals surface area contributed by atoms with Gasteiger partial charge in [-0.3, -0.25) is 14.4 Å². The van der Waals surface area contributed by atoms with E-state index in [1.54, 1.807) is 31.1 Å². The van der Waals surface area contributed by atoms with Gasteiger partial charge in [0.1, 0.15) is 5.69 Å².